The minimum Gasteiger partial charge on any atom is -0.483 e. The van der Waals surface area contributed by atoms with Crippen LogP contribution in [0.1, 0.15) is 5.56 Å². The fraction of sp³-hybridized carbons (Fsp3) is 0.143. The lowest BCUT2D eigenvalue weighted by Crippen LogP contribution is -2.36. The Hall–Kier alpha value is -3.24. The van der Waals surface area contributed by atoms with Gasteiger partial charge in [0.2, 0.25) is 5.91 Å². The summed E-state index contributed by atoms with van der Waals surface area (Å²) in [6, 6.07) is 14.0. The average Bonchev–Trinajstić information content (AvgIpc) is 3.00. The van der Waals surface area contributed by atoms with Crippen molar-refractivity contribution < 1.29 is 23.9 Å². The van der Waals surface area contributed by atoms with E-state index in [9.17, 15) is 19.2 Å². The van der Waals surface area contributed by atoms with Crippen molar-refractivity contribution in [3.05, 3.63) is 59.0 Å². The van der Waals surface area contributed by atoms with Gasteiger partial charge in [-0.25, -0.2) is 0 Å². The van der Waals surface area contributed by atoms with Gasteiger partial charge in [0.1, 0.15) is 12.3 Å². The van der Waals surface area contributed by atoms with Crippen LogP contribution < -0.4 is 15.8 Å². The van der Waals surface area contributed by atoms with Crippen LogP contribution in [0.15, 0.2) is 58.3 Å². The number of primary amides is 1. The predicted octanol–water partition coefficient (Wildman–Crippen LogP) is 2.95. The molecule has 0 saturated carbocycles. The van der Waals surface area contributed by atoms with Crippen LogP contribution >= 0.6 is 23.5 Å². The largest absolute Gasteiger partial charge is 0.483 e. The van der Waals surface area contributed by atoms with Gasteiger partial charge in [-0.1, -0.05) is 24.3 Å². The summed E-state index contributed by atoms with van der Waals surface area (Å²) in [5, 5.41) is 2.15. The molecule has 0 spiro atoms. The second kappa shape index (κ2) is 10.2. The highest BCUT2D eigenvalue weighted by atomic mass is 32.2. The summed E-state index contributed by atoms with van der Waals surface area (Å²) in [5.74, 6) is -1.34. The van der Waals surface area contributed by atoms with E-state index in [-0.39, 0.29) is 11.5 Å². The maximum Gasteiger partial charge on any atom is 0.294 e. The van der Waals surface area contributed by atoms with Gasteiger partial charge in [-0.15, -0.1) is 11.8 Å². The number of ether oxygens (including phenoxy) is 1. The lowest BCUT2D eigenvalue weighted by atomic mass is 10.2. The molecule has 3 rings (SSSR count). The van der Waals surface area contributed by atoms with Gasteiger partial charge >= 0.3 is 0 Å². The molecule has 0 unspecified atom stereocenters. The number of thioether (sulfide) groups is 2. The van der Waals surface area contributed by atoms with Crippen LogP contribution in [0.3, 0.4) is 0 Å². The van der Waals surface area contributed by atoms with Crippen LogP contribution in [0.2, 0.25) is 0 Å². The molecule has 8 nitrogen and oxygen atoms in total. The lowest BCUT2D eigenvalue weighted by molar-refractivity contribution is -0.127. The zero-order valence-electron chi connectivity index (χ0n) is 16.5. The summed E-state index contributed by atoms with van der Waals surface area (Å²) in [4.78, 5) is 50.4. The molecule has 31 heavy (non-hydrogen) atoms. The molecular weight excluding hydrogens is 438 g/mol. The van der Waals surface area contributed by atoms with E-state index >= 15 is 0 Å². The van der Waals surface area contributed by atoms with Crippen LogP contribution in [-0.2, 0) is 14.4 Å². The second-order valence-corrected chi connectivity index (χ2v) is 8.21. The van der Waals surface area contributed by atoms with Gasteiger partial charge in [-0.3, -0.25) is 24.1 Å². The molecule has 0 aliphatic carbocycles. The molecule has 0 atom stereocenters. The molecule has 2 aromatic carbocycles. The van der Waals surface area contributed by atoms with E-state index in [1.165, 1.54) is 17.8 Å². The molecule has 2 aromatic rings. The third kappa shape index (κ3) is 5.89. The van der Waals surface area contributed by atoms with Crippen LogP contribution in [-0.4, -0.2) is 47.3 Å². The number of nitrogens with two attached hydrogens (primary N) is 1. The molecule has 0 aromatic heterocycles. The third-order valence-corrected chi connectivity index (χ3v) is 5.74. The average molecular weight is 458 g/mol. The Morgan fingerprint density at radius 3 is 2.71 bits per heavy atom. The number of rotatable bonds is 8. The Morgan fingerprint density at radius 1 is 1.19 bits per heavy atom. The second-order valence-electron chi connectivity index (χ2n) is 6.34. The molecule has 1 fully saturated rings. The summed E-state index contributed by atoms with van der Waals surface area (Å²) in [6.45, 7) is -0.713. The molecule has 0 bridgehead atoms. The van der Waals surface area contributed by atoms with E-state index in [0.717, 1.165) is 21.6 Å². The first-order valence-corrected chi connectivity index (χ1v) is 11.1. The van der Waals surface area contributed by atoms with Crippen LogP contribution in [0, 0.1) is 0 Å². The van der Waals surface area contributed by atoms with Gasteiger partial charge in [0, 0.05) is 16.1 Å². The van der Waals surface area contributed by atoms with Crippen molar-refractivity contribution in [2.75, 3.05) is 24.7 Å². The first-order valence-electron chi connectivity index (χ1n) is 9.07. The summed E-state index contributed by atoms with van der Waals surface area (Å²) >= 11 is 2.27. The number of amides is 4. The van der Waals surface area contributed by atoms with Crippen molar-refractivity contribution in [3.8, 4) is 5.75 Å². The number of nitrogens with zero attached hydrogens (tertiary/aromatic N) is 1. The van der Waals surface area contributed by atoms with Crippen molar-refractivity contribution in [2.24, 2.45) is 5.73 Å². The Labute approximate surface area is 187 Å². The van der Waals surface area contributed by atoms with E-state index in [2.05, 4.69) is 5.32 Å². The first-order chi connectivity index (χ1) is 14.9. The summed E-state index contributed by atoms with van der Waals surface area (Å²) in [6.07, 6.45) is 3.41. The standard InChI is InChI=1S/C21H19N3O5S2/c1-30-15-7-4-6-14(10-15)23-19(26)11-24-20(27)17(31-21(24)28)9-13-5-2-3-8-16(13)29-12-18(22)25/h2-10H,11-12H2,1H3,(H2,22,25)(H,23,26)/b17-9+. The quantitative estimate of drug-likeness (QED) is 0.462. The van der Waals surface area contributed by atoms with E-state index in [1.807, 2.05) is 18.4 Å². The van der Waals surface area contributed by atoms with Gasteiger partial charge < -0.3 is 15.8 Å². The smallest absolute Gasteiger partial charge is 0.294 e. The third-order valence-electron chi connectivity index (χ3n) is 4.10. The number of anilines is 1. The van der Waals surface area contributed by atoms with E-state index < -0.39 is 29.5 Å². The lowest BCUT2D eigenvalue weighted by Gasteiger charge is -2.13. The van der Waals surface area contributed by atoms with Crippen molar-refractivity contribution in [2.45, 2.75) is 4.90 Å². The normalized spacial score (nSPS) is 14.7. The molecule has 1 saturated heterocycles. The van der Waals surface area contributed by atoms with Crippen LogP contribution in [0.5, 0.6) is 5.75 Å². The maximum atomic E-state index is 12.7. The summed E-state index contributed by atoms with van der Waals surface area (Å²) < 4.78 is 5.34. The van der Waals surface area contributed by atoms with E-state index in [0.29, 0.717) is 17.0 Å². The van der Waals surface area contributed by atoms with Crippen molar-refractivity contribution in [1.82, 2.24) is 4.90 Å². The number of imide groups is 1. The SMILES string of the molecule is CSc1cccc(NC(=O)CN2C(=O)S/C(=C/c3ccccc3OCC(N)=O)C2=O)c1. The van der Waals surface area contributed by atoms with Crippen molar-refractivity contribution >= 4 is 58.2 Å². The number of carbonyl (C=O) groups is 4. The fourth-order valence-electron chi connectivity index (χ4n) is 2.70. The monoisotopic (exact) mass is 457 g/mol. The van der Waals surface area contributed by atoms with E-state index in [1.54, 1.807) is 36.4 Å². The highest BCUT2D eigenvalue weighted by Gasteiger charge is 2.36. The van der Waals surface area contributed by atoms with Gasteiger partial charge in [0.05, 0.1) is 4.91 Å². The summed E-state index contributed by atoms with van der Waals surface area (Å²) in [5.41, 5.74) is 6.19. The first kappa shape index (κ1) is 22.4. The minimum atomic E-state index is -0.635. The van der Waals surface area contributed by atoms with Crippen LogP contribution in [0.25, 0.3) is 6.08 Å². The summed E-state index contributed by atoms with van der Waals surface area (Å²) in [7, 11) is 0. The minimum absolute atomic E-state index is 0.150. The van der Waals surface area contributed by atoms with Crippen LogP contribution in [0.4, 0.5) is 10.5 Å². The molecule has 1 heterocycles. The molecule has 1 aliphatic heterocycles. The van der Waals surface area contributed by atoms with E-state index in [4.69, 9.17) is 10.5 Å². The van der Waals surface area contributed by atoms with Crippen molar-refractivity contribution in [3.63, 3.8) is 0 Å². The maximum absolute atomic E-state index is 12.7. The number of hydrogen-bond donors (Lipinski definition) is 2. The van der Waals surface area contributed by atoms with Gasteiger partial charge in [0.15, 0.2) is 6.61 Å². The topological polar surface area (TPSA) is 119 Å². The number of nitrogens with one attached hydrogen (secondary N) is 1. The Kier molecular flexibility index (Phi) is 7.37. The molecule has 1 aliphatic rings. The number of para-hydroxylation sites is 1. The zero-order valence-corrected chi connectivity index (χ0v) is 18.1. The number of carbonyl (C=O) groups excluding carboxylic acids is 4. The van der Waals surface area contributed by atoms with Gasteiger partial charge in [-0.2, -0.15) is 0 Å². The van der Waals surface area contributed by atoms with Gasteiger partial charge in [-0.05, 0) is 48.4 Å². The Bertz CT molecular complexity index is 1070. The van der Waals surface area contributed by atoms with Crippen molar-refractivity contribution in [1.29, 1.82) is 0 Å². The predicted molar refractivity (Wildman–Crippen MR) is 121 cm³/mol. The number of benzene rings is 2. The molecule has 4 amide bonds. The molecule has 3 N–H and O–H groups in total. The Morgan fingerprint density at radius 2 is 1.97 bits per heavy atom. The highest BCUT2D eigenvalue weighted by Crippen LogP contribution is 2.34. The Balaban J connectivity index is 1.71. The number of hydrogen-bond acceptors (Lipinski definition) is 7. The van der Waals surface area contributed by atoms with Gasteiger partial charge in [0.25, 0.3) is 17.1 Å². The molecular formula is C21H19N3O5S2. The highest BCUT2D eigenvalue weighted by molar-refractivity contribution is 8.18. The fourth-order valence-corrected chi connectivity index (χ4v) is 3.99. The molecule has 160 valence electrons. The molecule has 10 heteroatoms. The zero-order chi connectivity index (χ0) is 22.4. The molecule has 0 radical (unpaired) electrons.